The van der Waals surface area contributed by atoms with E-state index in [1.807, 2.05) is 0 Å². The third kappa shape index (κ3) is 2.90. The fourth-order valence-electron chi connectivity index (χ4n) is 1.62. The molecule has 0 aliphatic heterocycles. The monoisotopic (exact) mass is 273 g/mol. The molecule has 6 heteroatoms. The van der Waals surface area contributed by atoms with E-state index in [0.29, 0.717) is 0 Å². The van der Waals surface area contributed by atoms with Gasteiger partial charge in [0.2, 0.25) is 0 Å². The van der Waals surface area contributed by atoms with Crippen LogP contribution in [0.1, 0.15) is 15.9 Å². The Hall–Kier alpha value is -2.94. The molecule has 2 aromatic rings. The van der Waals surface area contributed by atoms with Crippen LogP contribution in [0.4, 0.5) is 20.2 Å². The molecule has 0 unspecified atom stereocenters. The molecular weight excluding hydrogens is 264 g/mol. The summed E-state index contributed by atoms with van der Waals surface area (Å²) in [6.45, 7) is 0. The predicted molar refractivity (Wildman–Crippen MR) is 69.9 cm³/mol. The van der Waals surface area contributed by atoms with Gasteiger partial charge in [-0.15, -0.1) is 0 Å². The van der Waals surface area contributed by atoms with Gasteiger partial charge in [-0.2, -0.15) is 5.26 Å². The second-order valence-electron chi connectivity index (χ2n) is 4.03. The number of rotatable bonds is 2. The Kier molecular flexibility index (Phi) is 3.62. The molecule has 4 nitrogen and oxygen atoms in total. The number of hydrogen-bond donors (Lipinski definition) is 2. The molecule has 0 bridgehead atoms. The maximum atomic E-state index is 13.6. The number of hydrogen-bond acceptors (Lipinski definition) is 3. The molecule has 0 aliphatic carbocycles. The minimum Gasteiger partial charge on any atom is -0.399 e. The van der Waals surface area contributed by atoms with Crippen LogP contribution in [-0.4, -0.2) is 5.91 Å². The lowest BCUT2D eigenvalue weighted by Crippen LogP contribution is -2.13. The molecular formula is C14H9F2N3O. The summed E-state index contributed by atoms with van der Waals surface area (Å²) in [4.78, 5) is 11.9. The first-order valence-electron chi connectivity index (χ1n) is 5.56. The van der Waals surface area contributed by atoms with Crippen molar-refractivity contribution in [2.75, 3.05) is 11.1 Å². The van der Waals surface area contributed by atoms with E-state index in [2.05, 4.69) is 5.32 Å². The maximum Gasteiger partial charge on any atom is 0.255 e. The smallest absolute Gasteiger partial charge is 0.255 e. The third-order valence-electron chi connectivity index (χ3n) is 2.53. The van der Waals surface area contributed by atoms with Crippen LogP contribution in [0.15, 0.2) is 36.4 Å². The van der Waals surface area contributed by atoms with Gasteiger partial charge in [0, 0.05) is 11.3 Å². The summed E-state index contributed by atoms with van der Waals surface area (Å²) in [7, 11) is 0. The number of carbonyl (C=O) groups is 1. The quantitative estimate of drug-likeness (QED) is 0.825. The number of benzene rings is 2. The Morgan fingerprint density at radius 2 is 1.95 bits per heavy atom. The lowest BCUT2D eigenvalue weighted by Gasteiger charge is -2.07. The zero-order valence-corrected chi connectivity index (χ0v) is 10.2. The molecule has 0 atom stereocenters. The van der Waals surface area contributed by atoms with Crippen LogP contribution in [0.2, 0.25) is 0 Å². The van der Waals surface area contributed by atoms with Crippen molar-refractivity contribution in [2.45, 2.75) is 0 Å². The lowest BCUT2D eigenvalue weighted by atomic mass is 10.1. The Morgan fingerprint density at radius 3 is 2.55 bits per heavy atom. The first-order valence-corrected chi connectivity index (χ1v) is 5.56. The highest BCUT2D eigenvalue weighted by atomic mass is 19.1. The van der Waals surface area contributed by atoms with Gasteiger partial charge in [0.15, 0.2) is 0 Å². The van der Waals surface area contributed by atoms with Crippen molar-refractivity contribution >= 4 is 17.3 Å². The van der Waals surface area contributed by atoms with Crippen molar-refractivity contribution in [3.8, 4) is 6.07 Å². The Balaban J connectivity index is 2.26. The maximum absolute atomic E-state index is 13.6. The topological polar surface area (TPSA) is 78.9 Å². The molecule has 2 rings (SSSR count). The molecule has 0 saturated carbocycles. The van der Waals surface area contributed by atoms with E-state index >= 15 is 0 Å². The molecule has 0 radical (unpaired) electrons. The van der Waals surface area contributed by atoms with Crippen LogP contribution in [0.5, 0.6) is 0 Å². The molecule has 100 valence electrons. The van der Waals surface area contributed by atoms with Gasteiger partial charge < -0.3 is 11.1 Å². The second-order valence-corrected chi connectivity index (χ2v) is 4.03. The number of nitrogens with two attached hydrogens (primary N) is 1. The first kappa shape index (κ1) is 13.5. The normalized spacial score (nSPS) is 9.85. The van der Waals surface area contributed by atoms with Crippen molar-refractivity contribution in [3.63, 3.8) is 0 Å². The number of halogens is 2. The molecule has 0 aliphatic rings. The largest absolute Gasteiger partial charge is 0.399 e. The van der Waals surface area contributed by atoms with E-state index in [0.717, 1.165) is 18.2 Å². The Morgan fingerprint density at radius 1 is 1.20 bits per heavy atom. The first-order chi connectivity index (χ1) is 9.49. The van der Waals surface area contributed by atoms with Crippen LogP contribution in [0.3, 0.4) is 0 Å². The summed E-state index contributed by atoms with van der Waals surface area (Å²) in [5, 5.41) is 10.9. The number of nitrogens with zero attached hydrogens (tertiary/aromatic N) is 1. The van der Waals surface area contributed by atoms with Crippen LogP contribution in [-0.2, 0) is 0 Å². The van der Waals surface area contributed by atoms with Gasteiger partial charge in [0.1, 0.15) is 11.6 Å². The van der Waals surface area contributed by atoms with E-state index in [-0.39, 0.29) is 22.5 Å². The van der Waals surface area contributed by atoms with E-state index < -0.39 is 17.5 Å². The molecule has 0 fully saturated rings. The van der Waals surface area contributed by atoms with Crippen molar-refractivity contribution in [3.05, 3.63) is 59.2 Å². The van der Waals surface area contributed by atoms with E-state index in [9.17, 15) is 13.6 Å². The molecule has 1 amide bonds. The predicted octanol–water partition coefficient (Wildman–Crippen LogP) is 2.67. The average molecular weight is 273 g/mol. The van der Waals surface area contributed by atoms with Crippen LogP contribution < -0.4 is 11.1 Å². The van der Waals surface area contributed by atoms with E-state index in [1.165, 1.54) is 18.2 Å². The zero-order chi connectivity index (χ0) is 14.7. The molecule has 3 N–H and O–H groups in total. The average Bonchev–Trinajstić information content (AvgIpc) is 2.39. The minimum absolute atomic E-state index is 0.0220. The van der Waals surface area contributed by atoms with Crippen molar-refractivity contribution in [1.82, 2.24) is 0 Å². The van der Waals surface area contributed by atoms with Gasteiger partial charge in [-0.05, 0) is 36.4 Å². The van der Waals surface area contributed by atoms with Crippen LogP contribution >= 0.6 is 0 Å². The van der Waals surface area contributed by atoms with Crippen molar-refractivity contribution in [1.29, 1.82) is 5.26 Å². The molecule has 0 saturated heterocycles. The highest BCUT2D eigenvalue weighted by Gasteiger charge is 2.11. The summed E-state index contributed by atoms with van der Waals surface area (Å²) in [6, 6.07) is 8.73. The summed E-state index contributed by atoms with van der Waals surface area (Å²) >= 11 is 0. The number of carbonyl (C=O) groups excluding carboxylic acids is 1. The van der Waals surface area contributed by atoms with Crippen molar-refractivity contribution in [2.24, 2.45) is 0 Å². The van der Waals surface area contributed by atoms with Gasteiger partial charge in [-0.25, -0.2) is 8.78 Å². The van der Waals surface area contributed by atoms with E-state index in [4.69, 9.17) is 11.0 Å². The van der Waals surface area contributed by atoms with Crippen LogP contribution in [0.25, 0.3) is 0 Å². The lowest BCUT2D eigenvalue weighted by molar-refractivity contribution is 0.102. The fraction of sp³-hybridized carbons (Fsp3) is 0. The number of nitriles is 1. The molecule has 0 aromatic heterocycles. The fourth-order valence-corrected chi connectivity index (χ4v) is 1.62. The summed E-state index contributed by atoms with van der Waals surface area (Å²) < 4.78 is 26.7. The van der Waals surface area contributed by atoms with Gasteiger partial charge in [0.25, 0.3) is 5.91 Å². The van der Waals surface area contributed by atoms with Gasteiger partial charge in [0.05, 0.1) is 17.3 Å². The number of nitrogens with one attached hydrogen (secondary N) is 1. The molecule has 2 aromatic carbocycles. The minimum atomic E-state index is -0.748. The third-order valence-corrected chi connectivity index (χ3v) is 2.53. The molecule has 0 heterocycles. The van der Waals surface area contributed by atoms with E-state index in [1.54, 1.807) is 6.07 Å². The number of amides is 1. The highest BCUT2D eigenvalue weighted by molar-refractivity contribution is 6.04. The Labute approximate surface area is 113 Å². The van der Waals surface area contributed by atoms with Crippen LogP contribution in [0, 0.1) is 23.0 Å². The SMILES string of the molecule is N#Cc1ccc(NC(=O)c2cc(N)cc(F)c2)c(F)c1. The second kappa shape index (κ2) is 5.36. The summed E-state index contributed by atoms with van der Waals surface area (Å²) in [6.07, 6.45) is 0. The van der Waals surface area contributed by atoms with Crippen molar-refractivity contribution < 1.29 is 13.6 Å². The summed E-state index contributed by atoms with van der Waals surface area (Å²) in [5.41, 5.74) is 5.53. The Bertz CT molecular complexity index is 703. The molecule has 20 heavy (non-hydrogen) atoms. The van der Waals surface area contributed by atoms with Gasteiger partial charge >= 0.3 is 0 Å². The van der Waals surface area contributed by atoms with Gasteiger partial charge in [-0.1, -0.05) is 0 Å². The number of nitrogen functional groups attached to an aromatic ring is 1. The molecule has 0 spiro atoms. The van der Waals surface area contributed by atoms with Gasteiger partial charge in [-0.3, -0.25) is 4.79 Å². The zero-order valence-electron chi connectivity index (χ0n) is 10.2. The standard InChI is InChI=1S/C14H9F2N3O/c15-10-4-9(5-11(18)6-10)14(20)19-13-2-1-8(7-17)3-12(13)16/h1-6H,18H2,(H,19,20). The number of anilines is 2. The summed E-state index contributed by atoms with van der Waals surface area (Å²) in [5.74, 6) is -2.10. The highest BCUT2D eigenvalue weighted by Crippen LogP contribution is 2.18.